The number of imidazole rings is 1. The number of carbonyl (C=O) groups excluding carboxylic acids is 1. The van der Waals surface area contributed by atoms with Crippen molar-refractivity contribution in [3.8, 4) is 0 Å². The summed E-state index contributed by atoms with van der Waals surface area (Å²) in [6, 6.07) is 8.09. The summed E-state index contributed by atoms with van der Waals surface area (Å²) in [6.07, 6.45) is 3.66. The van der Waals surface area contributed by atoms with E-state index in [0.29, 0.717) is 19.3 Å². The van der Waals surface area contributed by atoms with Gasteiger partial charge in [0.2, 0.25) is 5.91 Å². The number of rotatable bonds is 4. The fourth-order valence-corrected chi connectivity index (χ4v) is 4.64. The molecule has 26 heavy (non-hydrogen) atoms. The number of likely N-dealkylation sites (tertiary alicyclic amines) is 1. The summed E-state index contributed by atoms with van der Waals surface area (Å²) in [7, 11) is 0. The monoisotopic (exact) mass is 355 g/mol. The van der Waals surface area contributed by atoms with E-state index < -0.39 is 5.97 Å². The van der Waals surface area contributed by atoms with Gasteiger partial charge in [-0.25, -0.2) is 4.98 Å². The van der Waals surface area contributed by atoms with Crippen molar-refractivity contribution in [3.05, 3.63) is 30.1 Å². The summed E-state index contributed by atoms with van der Waals surface area (Å²) in [5.41, 5.74) is 2.08. The van der Waals surface area contributed by atoms with Crippen molar-refractivity contribution in [2.75, 3.05) is 6.54 Å². The molecule has 6 nitrogen and oxygen atoms in total. The molecule has 4 rings (SSSR count). The van der Waals surface area contributed by atoms with Crippen LogP contribution >= 0.6 is 0 Å². The number of hydrogen-bond acceptors (Lipinski definition) is 3. The number of benzene rings is 1. The molecule has 2 fully saturated rings. The lowest BCUT2D eigenvalue weighted by molar-refractivity contribution is -0.141. The van der Waals surface area contributed by atoms with Gasteiger partial charge in [-0.05, 0) is 51.2 Å². The highest BCUT2D eigenvalue weighted by Gasteiger charge is 2.40. The Morgan fingerprint density at radius 2 is 1.96 bits per heavy atom. The molecule has 2 aliphatic rings. The molecule has 0 radical (unpaired) electrons. The van der Waals surface area contributed by atoms with Crippen molar-refractivity contribution in [1.82, 2.24) is 14.5 Å². The Morgan fingerprint density at radius 1 is 1.19 bits per heavy atom. The predicted molar refractivity (Wildman–Crippen MR) is 97.6 cm³/mol. The minimum atomic E-state index is -0.772. The maximum absolute atomic E-state index is 13.1. The fraction of sp³-hybridized carbons (Fsp3) is 0.550. The number of aliphatic carboxylic acids is 1. The largest absolute Gasteiger partial charge is 0.481 e. The number of hydrogen-bond donors (Lipinski definition) is 1. The third-order valence-corrected chi connectivity index (χ3v) is 5.97. The first-order valence-electron chi connectivity index (χ1n) is 9.58. The molecule has 1 saturated carbocycles. The van der Waals surface area contributed by atoms with Gasteiger partial charge in [-0.2, -0.15) is 0 Å². The molecule has 6 heteroatoms. The Kier molecular flexibility index (Phi) is 4.42. The van der Waals surface area contributed by atoms with Crippen molar-refractivity contribution in [1.29, 1.82) is 0 Å². The third kappa shape index (κ3) is 2.77. The van der Waals surface area contributed by atoms with Crippen LogP contribution in [0.2, 0.25) is 0 Å². The molecule has 1 aromatic carbocycles. The van der Waals surface area contributed by atoms with Crippen LogP contribution in [0.3, 0.4) is 0 Å². The minimum absolute atomic E-state index is 0.00118. The molecule has 1 amide bonds. The van der Waals surface area contributed by atoms with E-state index in [1.807, 2.05) is 23.1 Å². The third-order valence-electron chi connectivity index (χ3n) is 5.97. The van der Waals surface area contributed by atoms with Crippen LogP contribution in [0.15, 0.2) is 24.3 Å². The van der Waals surface area contributed by atoms with Gasteiger partial charge in [0.05, 0.1) is 23.0 Å². The highest BCUT2D eigenvalue weighted by molar-refractivity contribution is 5.82. The number of carboxylic acids is 1. The molecule has 1 aliphatic carbocycles. The highest BCUT2D eigenvalue weighted by atomic mass is 16.4. The second-order valence-electron chi connectivity index (χ2n) is 7.44. The smallest absolute Gasteiger partial charge is 0.306 e. The van der Waals surface area contributed by atoms with Gasteiger partial charge in [-0.3, -0.25) is 9.59 Å². The summed E-state index contributed by atoms with van der Waals surface area (Å²) < 4.78 is 2.21. The lowest BCUT2D eigenvalue weighted by Gasteiger charge is -2.27. The summed E-state index contributed by atoms with van der Waals surface area (Å²) in [5, 5.41) is 9.22. The van der Waals surface area contributed by atoms with Crippen LogP contribution < -0.4 is 0 Å². The van der Waals surface area contributed by atoms with Gasteiger partial charge in [0.1, 0.15) is 5.82 Å². The van der Waals surface area contributed by atoms with Crippen molar-refractivity contribution in [3.63, 3.8) is 0 Å². The first-order valence-corrected chi connectivity index (χ1v) is 9.58. The van der Waals surface area contributed by atoms with Crippen LogP contribution in [0.1, 0.15) is 50.9 Å². The number of amides is 1. The number of aryl methyl sites for hydroxylation is 1. The summed E-state index contributed by atoms with van der Waals surface area (Å²) in [5.74, 6) is -0.217. The van der Waals surface area contributed by atoms with E-state index in [9.17, 15) is 14.7 Å². The molecule has 2 heterocycles. The molecule has 1 N–H and O–H groups in total. The van der Waals surface area contributed by atoms with Crippen LogP contribution in [0.5, 0.6) is 0 Å². The Morgan fingerprint density at radius 3 is 2.69 bits per heavy atom. The average molecular weight is 355 g/mol. The maximum atomic E-state index is 13.1. The van der Waals surface area contributed by atoms with Crippen LogP contribution in [0, 0.1) is 11.8 Å². The van der Waals surface area contributed by atoms with E-state index in [2.05, 4.69) is 17.6 Å². The van der Waals surface area contributed by atoms with Crippen molar-refractivity contribution in [2.24, 2.45) is 11.8 Å². The zero-order chi connectivity index (χ0) is 18.3. The SMILES string of the molecule is CCn1c(C2CCCN2C(=O)[C@@H]2CC[C@H](C(=O)O)C2)nc2ccccc21. The van der Waals surface area contributed by atoms with Gasteiger partial charge in [-0.15, -0.1) is 0 Å². The van der Waals surface area contributed by atoms with Gasteiger partial charge in [0.15, 0.2) is 0 Å². The zero-order valence-corrected chi connectivity index (χ0v) is 15.1. The predicted octanol–water partition coefficient (Wildman–Crippen LogP) is 3.22. The molecule has 2 aromatic rings. The number of carboxylic acid groups (broad SMARTS) is 1. The van der Waals surface area contributed by atoms with Gasteiger partial charge in [-0.1, -0.05) is 12.1 Å². The van der Waals surface area contributed by atoms with Crippen LogP contribution in [0.25, 0.3) is 11.0 Å². The van der Waals surface area contributed by atoms with E-state index >= 15 is 0 Å². The first kappa shape index (κ1) is 17.1. The average Bonchev–Trinajstić information content (AvgIpc) is 3.37. The number of aromatic nitrogens is 2. The molecule has 138 valence electrons. The number of fused-ring (bicyclic) bond motifs is 1. The lowest BCUT2D eigenvalue weighted by Crippen LogP contribution is -2.36. The summed E-state index contributed by atoms with van der Waals surface area (Å²) in [4.78, 5) is 31.1. The highest BCUT2D eigenvalue weighted by Crippen LogP contribution is 2.38. The quantitative estimate of drug-likeness (QED) is 0.914. The second kappa shape index (κ2) is 6.74. The summed E-state index contributed by atoms with van der Waals surface area (Å²) in [6.45, 7) is 3.66. The summed E-state index contributed by atoms with van der Waals surface area (Å²) >= 11 is 0. The van der Waals surface area contributed by atoms with E-state index in [1.54, 1.807) is 0 Å². The number of para-hydroxylation sites is 2. The molecule has 1 aliphatic heterocycles. The molecular weight excluding hydrogens is 330 g/mol. The van der Waals surface area contributed by atoms with Crippen molar-refractivity contribution >= 4 is 22.9 Å². The molecule has 3 atom stereocenters. The second-order valence-corrected chi connectivity index (χ2v) is 7.44. The Hall–Kier alpha value is -2.37. The zero-order valence-electron chi connectivity index (χ0n) is 15.1. The molecule has 1 saturated heterocycles. The maximum Gasteiger partial charge on any atom is 0.306 e. The van der Waals surface area contributed by atoms with Crippen LogP contribution in [-0.4, -0.2) is 38.0 Å². The van der Waals surface area contributed by atoms with Gasteiger partial charge in [0.25, 0.3) is 0 Å². The van der Waals surface area contributed by atoms with Crippen LogP contribution in [0.4, 0.5) is 0 Å². The fourth-order valence-electron chi connectivity index (χ4n) is 4.64. The molecular formula is C20H25N3O3. The lowest BCUT2D eigenvalue weighted by atomic mass is 10.0. The molecule has 0 bridgehead atoms. The number of nitrogens with zero attached hydrogens (tertiary/aromatic N) is 3. The first-order chi connectivity index (χ1) is 12.6. The van der Waals surface area contributed by atoms with Gasteiger partial charge < -0.3 is 14.6 Å². The van der Waals surface area contributed by atoms with E-state index in [1.165, 1.54) is 0 Å². The van der Waals surface area contributed by atoms with E-state index in [-0.39, 0.29) is 23.8 Å². The molecule has 1 unspecified atom stereocenters. The van der Waals surface area contributed by atoms with Crippen LogP contribution in [-0.2, 0) is 16.1 Å². The Bertz CT molecular complexity index is 844. The molecule has 0 spiro atoms. The standard InChI is InChI=1S/C20H25N3O3/c1-2-22-16-7-4-3-6-15(16)21-18(22)17-8-5-11-23(17)19(24)13-9-10-14(12-13)20(25)26/h3-4,6-7,13-14,17H,2,5,8-12H2,1H3,(H,25,26)/t13-,14+,17?/m1/s1. The van der Waals surface area contributed by atoms with Gasteiger partial charge in [0, 0.05) is 19.0 Å². The van der Waals surface area contributed by atoms with E-state index in [0.717, 1.165) is 42.8 Å². The van der Waals surface area contributed by atoms with Crippen molar-refractivity contribution < 1.29 is 14.7 Å². The topological polar surface area (TPSA) is 75.4 Å². The number of carbonyl (C=O) groups is 2. The Balaban J connectivity index is 1.61. The van der Waals surface area contributed by atoms with Gasteiger partial charge >= 0.3 is 5.97 Å². The minimum Gasteiger partial charge on any atom is -0.481 e. The molecule has 1 aromatic heterocycles. The van der Waals surface area contributed by atoms with E-state index in [4.69, 9.17) is 4.98 Å². The normalized spacial score (nSPS) is 25.9. The van der Waals surface area contributed by atoms with Crippen molar-refractivity contribution in [2.45, 2.75) is 51.6 Å². The Labute approximate surface area is 152 Å².